The van der Waals surface area contributed by atoms with E-state index >= 15 is 0 Å². The Kier molecular flexibility index (Phi) is 5.10. The summed E-state index contributed by atoms with van der Waals surface area (Å²) in [6.07, 6.45) is 0.995. The highest BCUT2D eigenvalue weighted by atomic mass is 32.1. The lowest BCUT2D eigenvalue weighted by atomic mass is 10.0. The first kappa shape index (κ1) is 18.0. The van der Waals surface area contributed by atoms with E-state index in [1.807, 2.05) is 48.6 Å². The van der Waals surface area contributed by atoms with Gasteiger partial charge in [-0.3, -0.25) is 0 Å². The molecule has 0 saturated heterocycles. The molecule has 4 aromatic rings. The molecule has 0 unspecified atom stereocenters. The summed E-state index contributed by atoms with van der Waals surface area (Å²) in [6, 6.07) is 18.3. The Labute approximate surface area is 167 Å². The van der Waals surface area contributed by atoms with Crippen LogP contribution in [-0.4, -0.2) is 12.6 Å². The van der Waals surface area contributed by atoms with Gasteiger partial charge < -0.3 is 4.74 Å². The number of hydrogen-bond acceptors (Lipinski definition) is 4. The maximum Gasteiger partial charge on any atom is 0.338 e. The maximum atomic E-state index is 12.4. The van der Waals surface area contributed by atoms with Crippen molar-refractivity contribution in [2.24, 2.45) is 0 Å². The molecule has 4 heteroatoms. The van der Waals surface area contributed by atoms with Crippen LogP contribution >= 0.6 is 22.7 Å². The molecule has 0 N–H and O–H groups in total. The summed E-state index contributed by atoms with van der Waals surface area (Å²) in [6.45, 7) is 4.42. The zero-order chi connectivity index (χ0) is 18.8. The van der Waals surface area contributed by atoms with Crippen molar-refractivity contribution < 1.29 is 9.53 Å². The Bertz CT molecular complexity index is 1090. The first-order valence-electron chi connectivity index (χ1n) is 9.09. The number of carbonyl (C=O) groups excluding carboxylic acids is 1. The fraction of sp³-hybridized carbons (Fsp3) is 0.174. The zero-order valence-electron chi connectivity index (χ0n) is 15.3. The van der Waals surface area contributed by atoms with Gasteiger partial charge in [-0.1, -0.05) is 55.5 Å². The number of hydrogen-bond donors (Lipinski definition) is 0. The molecular weight excluding hydrogens is 372 g/mol. The number of esters is 1. The van der Waals surface area contributed by atoms with E-state index in [9.17, 15) is 4.79 Å². The highest BCUT2D eigenvalue weighted by Gasteiger charge is 2.21. The second-order valence-electron chi connectivity index (χ2n) is 6.19. The van der Waals surface area contributed by atoms with Crippen LogP contribution in [0.4, 0.5) is 0 Å². The summed E-state index contributed by atoms with van der Waals surface area (Å²) in [7, 11) is 0. The minimum Gasteiger partial charge on any atom is -0.462 e. The van der Waals surface area contributed by atoms with Gasteiger partial charge in [0.15, 0.2) is 0 Å². The second kappa shape index (κ2) is 7.67. The molecule has 0 amide bonds. The number of benzene rings is 2. The van der Waals surface area contributed by atoms with E-state index in [-0.39, 0.29) is 5.97 Å². The van der Waals surface area contributed by atoms with Crippen LogP contribution in [0.3, 0.4) is 0 Å². The van der Waals surface area contributed by atoms with Crippen LogP contribution in [0.15, 0.2) is 60.0 Å². The van der Waals surface area contributed by atoms with Crippen molar-refractivity contribution in [1.82, 2.24) is 0 Å². The van der Waals surface area contributed by atoms with Crippen LogP contribution < -0.4 is 0 Å². The quantitative estimate of drug-likeness (QED) is 0.341. The summed E-state index contributed by atoms with van der Waals surface area (Å²) in [5.74, 6) is -0.261. The highest BCUT2D eigenvalue weighted by molar-refractivity contribution is 7.28. The van der Waals surface area contributed by atoms with Crippen LogP contribution in [0, 0.1) is 0 Å². The number of rotatable bonds is 5. The summed E-state index contributed by atoms with van der Waals surface area (Å²) in [5.41, 5.74) is 5.30. The van der Waals surface area contributed by atoms with E-state index in [1.54, 1.807) is 11.3 Å². The third-order valence-corrected chi connectivity index (χ3v) is 7.07. The van der Waals surface area contributed by atoms with Crippen molar-refractivity contribution in [3.8, 4) is 22.3 Å². The maximum absolute atomic E-state index is 12.4. The topological polar surface area (TPSA) is 26.3 Å². The number of aryl methyl sites for hydroxylation is 1. The molecule has 0 atom stereocenters. The highest BCUT2D eigenvalue weighted by Crippen LogP contribution is 2.47. The van der Waals surface area contributed by atoms with Crippen LogP contribution in [0.2, 0.25) is 0 Å². The van der Waals surface area contributed by atoms with Crippen molar-refractivity contribution >= 4 is 38.0 Å². The molecule has 0 fully saturated rings. The molecule has 0 aliphatic carbocycles. The summed E-state index contributed by atoms with van der Waals surface area (Å²) in [4.78, 5) is 13.8. The van der Waals surface area contributed by atoms with Gasteiger partial charge in [-0.15, -0.1) is 22.7 Å². The van der Waals surface area contributed by atoms with Crippen LogP contribution in [0.5, 0.6) is 0 Å². The van der Waals surface area contributed by atoms with Crippen LogP contribution in [0.25, 0.3) is 31.7 Å². The number of thiophene rings is 2. The molecule has 4 rings (SSSR count). The van der Waals surface area contributed by atoms with Crippen molar-refractivity contribution in [2.75, 3.05) is 6.61 Å². The lowest BCUT2D eigenvalue weighted by molar-refractivity contribution is 0.0527. The fourth-order valence-electron chi connectivity index (χ4n) is 3.36. The molecule has 0 aliphatic rings. The Hall–Kier alpha value is -2.43. The van der Waals surface area contributed by atoms with Gasteiger partial charge in [0.2, 0.25) is 0 Å². The van der Waals surface area contributed by atoms with Gasteiger partial charge in [-0.2, -0.15) is 0 Å². The molecule has 136 valence electrons. The molecule has 2 aromatic carbocycles. The molecule has 0 aliphatic heterocycles. The number of carbonyl (C=O) groups is 1. The van der Waals surface area contributed by atoms with Gasteiger partial charge in [-0.05, 0) is 30.5 Å². The Balaban J connectivity index is 1.92. The van der Waals surface area contributed by atoms with E-state index in [4.69, 9.17) is 4.74 Å². The number of fused-ring (bicyclic) bond motifs is 1. The molecule has 0 radical (unpaired) electrons. The van der Waals surface area contributed by atoms with E-state index in [0.717, 1.165) is 17.5 Å². The average molecular weight is 393 g/mol. The van der Waals surface area contributed by atoms with E-state index < -0.39 is 0 Å². The summed E-state index contributed by atoms with van der Waals surface area (Å²) in [5, 5.41) is 2.17. The van der Waals surface area contributed by atoms with Crippen LogP contribution in [-0.2, 0) is 11.2 Å². The predicted octanol–water partition coefficient (Wildman–Crippen LogP) is 7.04. The van der Waals surface area contributed by atoms with Crippen molar-refractivity contribution in [1.29, 1.82) is 0 Å². The zero-order valence-corrected chi connectivity index (χ0v) is 17.0. The minimum absolute atomic E-state index is 0.261. The van der Waals surface area contributed by atoms with E-state index in [0.29, 0.717) is 12.2 Å². The van der Waals surface area contributed by atoms with Gasteiger partial charge in [-0.25, -0.2) is 4.79 Å². The first-order valence-corrected chi connectivity index (χ1v) is 10.8. The van der Waals surface area contributed by atoms with Gasteiger partial charge >= 0.3 is 5.97 Å². The molecule has 27 heavy (non-hydrogen) atoms. The Morgan fingerprint density at radius 1 is 0.926 bits per heavy atom. The first-order chi connectivity index (χ1) is 13.2. The van der Waals surface area contributed by atoms with Gasteiger partial charge in [0.1, 0.15) is 0 Å². The molecule has 2 aromatic heterocycles. The molecule has 2 nitrogen and oxygen atoms in total. The van der Waals surface area contributed by atoms with Crippen molar-refractivity contribution in [3.05, 3.63) is 70.4 Å². The third kappa shape index (κ3) is 3.20. The number of ether oxygens (including phenoxy) is 1. The van der Waals surface area contributed by atoms with Gasteiger partial charge in [0.05, 0.1) is 21.6 Å². The van der Waals surface area contributed by atoms with Crippen molar-refractivity contribution in [2.45, 2.75) is 20.3 Å². The third-order valence-electron chi connectivity index (χ3n) is 4.57. The van der Waals surface area contributed by atoms with Crippen molar-refractivity contribution in [3.63, 3.8) is 0 Å². The Morgan fingerprint density at radius 2 is 1.67 bits per heavy atom. The molecule has 2 heterocycles. The predicted molar refractivity (Wildman–Crippen MR) is 116 cm³/mol. The summed E-state index contributed by atoms with van der Waals surface area (Å²) < 4.78 is 7.83. The lowest BCUT2D eigenvalue weighted by Gasteiger charge is -2.07. The smallest absolute Gasteiger partial charge is 0.338 e. The van der Waals surface area contributed by atoms with Gasteiger partial charge in [0.25, 0.3) is 0 Å². The monoisotopic (exact) mass is 392 g/mol. The minimum atomic E-state index is -0.261. The molecule has 0 bridgehead atoms. The SMILES string of the molecule is CCOC(=O)c1ccccc1-c1csc2c(-c3ccccc3)c(CC)sc12. The van der Waals surface area contributed by atoms with Crippen LogP contribution in [0.1, 0.15) is 29.1 Å². The fourth-order valence-corrected chi connectivity index (χ4v) is 6.01. The Morgan fingerprint density at radius 3 is 2.41 bits per heavy atom. The summed E-state index contributed by atoms with van der Waals surface area (Å²) >= 11 is 3.60. The molecular formula is C23H20O2S2. The van der Waals surface area contributed by atoms with E-state index in [2.05, 4.69) is 36.6 Å². The molecule has 0 spiro atoms. The van der Waals surface area contributed by atoms with Gasteiger partial charge in [0, 0.05) is 21.4 Å². The largest absolute Gasteiger partial charge is 0.462 e. The average Bonchev–Trinajstić information content (AvgIpc) is 3.27. The lowest BCUT2D eigenvalue weighted by Crippen LogP contribution is -2.06. The normalized spacial score (nSPS) is 11.0. The standard InChI is InChI=1S/C23H20O2S2/c1-3-19-20(15-10-6-5-7-11-15)22-21(27-19)18(14-26-22)16-12-8-9-13-17(16)23(24)25-4-2/h5-14H,3-4H2,1-2H3. The van der Waals surface area contributed by atoms with E-state index in [1.165, 1.54) is 25.4 Å². The molecule has 0 saturated carbocycles. The second-order valence-corrected chi connectivity index (χ2v) is 8.18.